The Morgan fingerprint density at radius 2 is 1.81 bits per heavy atom. The summed E-state index contributed by atoms with van der Waals surface area (Å²) in [7, 11) is 0. The van der Waals surface area contributed by atoms with Crippen LogP contribution in [0, 0.1) is 6.92 Å². The molecule has 2 aromatic rings. The molecular weight excluding hydrogens is 346 g/mol. The summed E-state index contributed by atoms with van der Waals surface area (Å²) in [5.41, 5.74) is 5.16. The highest BCUT2D eigenvalue weighted by molar-refractivity contribution is 6.00. The zero-order valence-corrected chi connectivity index (χ0v) is 14.8. The summed E-state index contributed by atoms with van der Waals surface area (Å²) in [6.45, 7) is 1.52. The highest BCUT2D eigenvalue weighted by atomic mass is 16.5. The zero-order valence-electron chi connectivity index (χ0n) is 14.8. The molecule has 7 nitrogen and oxygen atoms in total. The fourth-order valence-corrected chi connectivity index (χ4v) is 2.47. The van der Waals surface area contributed by atoms with Gasteiger partial charge in [-0.1, -0.05) is 35.9 Å². The Labute approximate surface area is 156 Å². The smallest absolute Gasteiger partial charge is 0.356 e. The van der Waals surface area contributed by atoms with Gasteiger partial charge < -0.3 is 10.1 Å². The topological polar surface area (TPSA) is 87.7 Å². The SMILES string of the molecule is Cc1ccc(NC(=O)COC(=O)C2=CCC(=O)N(c3ccccc3)N2)cc1. The Balaban J connectivity index is 1.55. The van der Waals surface area contributed by atoms with Gasteiger partial charge in [-0.2, -0.15) is 0 Å². The molecule has 2 amide bonds. The second-order valence-corrected chi connectivity index (χ2v) is 5.99. The van der Waals surface area contributed by atoms with Gasteiger partial charge >= 0.3 is 5.97 Å². The zero-order chi connectivity index (χ0) is 19.2. The lowest BCUT2D eigenvalue weighted by Gasteiger charge is -2.28. The summed E-state index contributed by atoms with van der Waals surface area (Å²) in [4.78, 5) is 36.2. The van der Waals surface area contributed by atoms with Crippen molar-refractivity contribution in [3.63, 3.8) is 0 Å². The molecule has 0 aromatic heterocycles. The minimum Gasteiger partial charge on any atom is -0.451 e. The number of para-hydroxylation sites is 1. The van der Waals surface area contributed by atoms with E-state index in [4.69, 9.17) is 4.74 Å². The van der Waals surface area contributed by atoms with Crippen molar-refractivity contribution in [3.8, 4) is 0 Å². The second kappa shape index (κ2) is 8.18. The lowest BCUT2D eigenvalue weighted by atomic mass is 10.2. The number of nitrogens with zero attached hydrogens (tertiary/aromatic N) is 1. The molecule has 0 unspecified atom stereocenters. The Bertz CT molecular complexity index is 876. The van der Waals surface area contributed by atoms with Crippen LogP contribution in [0.25, 0.3) is 0 Å². The van der Waals surface area contributed by atoms with Crippen molar-refractivity contribution in [1.82, 2.24) is 5.43 Å². The molecule has 0 aliphatic carbocycles. The van der Waals surface area contributed by atoms with E-state index in [1.165, 1.54) is 11.1 Å². The summed E-state index contributed by atoms with van der Waals surface area (Å²) >= 11 is 0. The van der Waals surface area contributed by atoms with Crippen LogP contribution in [0.1, 0.15) is 12.0 Å². The molecule has 1 aliphatic heterocycles. The number of hydrogen-bond donors (Lipinski definition) is 2. The van der Waals surface area contributed by atoms with Gasteiger partial charge in [0.15, 0.2) is 6.61 Å². The Kier molecular flexibility index (Phi) is 5.51. The minimum atomic E-state index is -0.706. The molecule has 1 aliphatic rings. The average molecular weight is 365 g/mol. The summed E-state index contributed by atoms with van der Waals surface area (Å²) in [6.07, 6.45) is 1.50. The van der Waals surface area contributed by atoms with Gasteiger partial charge in [-0.15, -0.1) is 0 Å². The van der Waals surface area contributed by atoms with Crippen LogP contribution < -0.4 is 15.8 Å². The fourth-order valence-electron chi connectivity index (χ4n) is 2.47. The number of anilines is 2. The highest BCUT2D eigenvalue weighted by Crippen LogP contribution is 2.17. The van der Waals surface area contributed by atoms with E-state index in [0.29, 0.717) is 11.4 Å². The first-order chi connectivity index (χ1) is 13.0. The van der Waals surface area contributed by atoms with Crippen molar-refractivity contribution in [2.45, 2.75) is 13.3 Å². The third-order valence-corrected chi connectivity index (χ3v) is 3.87. The number of nitrogens with one attached hydrogen (secondary N) is 2. The lowest BCUT2D eigenvalue weighted by Crippen LogP contribution is -2.47. The summed E-state index contributed by atoms with van der Waals surface area (Å²) in [5, 5.41) is 3.93. The van der Waals surface area contributed by atoms with E-state index in [-0.39, 0.29) is 18.0 Å². The molecule has 0 atom stereocenters. The third kappa shape index (κ3) is 4.72. The average Bonchev–Trinajstić information content (AvgIpc) is 2.69. The quantitative estimate of drug-likeness (QED) is 0.794. The molecule has 2 aromatic carbocycles. The van der Waals surface area contributed by atoms with E-state index in [0.717, 1.165) is 5.56 Å². The first-order valence-electron chi connectivity index (χ1n) is 8.41. The maximum absolute atomic E-state index is 12.2. The molecule has 0 saturated carbocycles. The second-order valence-electron chi connectivity index (χ2n) is 5.99. The predicted octanol–water partition coefficient (Wildman–Crippen LogP) is 2.30. The van der Waals surface area contributed by atoms with Gasteiger partial charge in [0, 0.05) is 12.1 Å². The van der Waals surface area contributed by atoms with Crippen molar-refractivity contribution >= 4 is 29.2 Å². The molecule has 0 radical (unpaired) electrons. The molecule has 0 saturated heterocycles. The van der Waals surface area contributed by atoms with Gasteiger partial charge in [-0.05, 0) is 37.3 Å². The highest BCUT2D eigenvalue weighted by Gasteiger charge is 2.25. The lowest BCUT2D eigenvalue weighted by molar-refractivity contribution is -0.143. The van der Waals surface area contributed by atoms with Gasteiger partial charge in [-0.25, -0.2) is 9.80 Å². The van der Waals surface area contributed by atoms with E-state index >= 15 is 0 Å². The van der Waals surface area contributed by atoms with Crippen molar-refractivity contribution in [2.75, 3.05) is 16.9 Å². The molecule has 0 bridgehead atoms. The summed E-state index contributed by atoms with van der Waals surface area (Å²) in [5.74, 6) is -1.35. The Hall–Kier alpha value is -3.61. The first-order valence-corrected chi connectivity index (χ1v) is 8.41. The van der Waals surface area contributed by atoms with Gasteiger partial charge in [0.25, 0.3) is 5.91 Å². The maximum Gasteiger partial charge on any atom is 0.356 e. The number of benzene rings is 2. The van der Waals surface area contributed by atoms with Crippen LogP contribution in [-0.4, -0.2) is 24.4 Å². The fraction of sp³-hybridized carbons (Fsp3) is 0.150. The van der Waals surface area contributed by atoms with Crippen LogP contribution in [0.3, 0.4) is 0 Å². The van der Waals surface area contributed by atoms with Gasteiger partial charge in [0.2, 0.25) is 5.91 Å². The third-order valence-electron chi connectivity index (χ3n) is 3.87. The molecule has 7 heteroatoms. The standard InChI is InChI=1S/C20H19N3O4/c1-14-7-9-15(10-8-14)21-18(24)13-27-20(26)17-11-12-19(25)23(22-17)16-5-3-2-4-6-16/h2-11,22H,12-13H2,1H3,(H,21,24). The summed E-state index contributed by atoms with van der Waals surface area (Å²) in [6, 6.07) is 16.2. The number of rotatable bonds is 5. The van der Waals surface area contributed by atoms with Crippen LogP contribution in [0.4, 0.5) is 11.4 Å². The number of hydrogen-bond acceptors (Lipinski definition) is 5. The van der Waals surface area contributed by atoms with Crippen molar-refractivity contribution in [3.05, 3.63) is 71.9 Å². The van der Waals surface area contributed by atoms with Crippen molar-refractivity contribution < 1.29 is 19.1 Å². The Morgan fingerprint density at radius 3 is 2.52 bits per heavy atom. The van der Waals surface area contributed by atoms with Gasteiger partial charge in [0.05, 0.1) is 5.69 Å². The van der Waals surface area contributed by atoms with Gasteiger partial charge in [0.1, 0.15) is 5.70 Å². The van der Waals surface area contributed by atoms with Crippen molar-refractivity contribution in [1.29, 1.82) is 0 Å². The van der Waals surface area contributed by atoms with Crippen LogP contribution in [0.15, 0.2) is 66.4 Å². The largest absolute Gasteiger partial charge is 0.451 e. The molecule has 2 N–H and O–H groups in total. The van der Waals surface area contributed by atoms with E-state index in [9.17, 15) is 14.4 Å². The maximum atomic E-state index is 12.2. The van der Waals surface area contributed by atoms with Crippen molar-refractivity contribution in [2.24, 2.45) is 0 Å². The molecule has 138 valence electrons. The van der Waals surface area contributed by atoms with Gasteiger partial charge in [-0.3, -0.25) is 15.0 Å². The summed E-state index contributed by atoms with van der Waals surface area (Å²) < 4.78 is 5.04. The number of aryl methyl sites for hydroxylation is 1. The van der Waals surface area contributed by atoms with Crippen LogP contribution in [0.5, 0.6) is 0 Å². The molecular formula is C20H19N3O4. The Morgan fingerprint density at radius 1 is 1.11 bits per heavy atom. The molecule has 3 rings (SSSR count). The number of carbonyl (C=O) groups is 3. The molecule has 27 heavy (non-hydrogen) atoms. The normalized spacial score (nSPS) is 13.4. The van der Waals surface area contributed by atoms with E-state index < -0.39 is 18.5 Å². The van der Waals surface area contributed by atoms with Crippen LogP contribution >= 0.6 is 0 Å². The number of ether oxygens (including phenoxy) is 1. The number of amides is 2. The van der Waals surface area contributed by atoms with E-state index in [1.807, 2.05) is 25.1 Å². The van der Waals surface area contributed by atoms with E-state index in [2.05, 4.69) is 10.7 Å². The number of hydrazine groups is 1. The predicted molar refractivity (Wildman–Crippen MR) is 101 cm³/mol. The van der Waals surface area contributed by atoms with E-state index in [1.54, 1.807) is 36.4 Å². The minimum absolute atomic E-state index is 0.0574. The van der Waals surface area contributed by atoms with Crippen LogP contribution in [0.2, 0.25) is 0 Å². The molecule has 0 fully saturated rings. The van der Waals surface area contributed by atoms with Crippen LogP contribution in [-0.2, 0) is 19.1 Å². The molecule has 1 heterocycles. The number of esters is 1. The molecule has 0 spiro atoms. The first kappa shape index (κ1) is 18.2. The number of carbonyl (C=O) groups excluding carboxylic acids is 3. The monoisotopic (exact) mass is 365 g/mol.